The second kappa shape index (κ2) is 7.50. The lowest BCUT2D eigenvalue weighted by atomic mass is 10.1. The maximum absolute atomic E-state index is 10.7. The highest BCUT2D eigenvalue weighted by Gasteiger charge is 2.21. The van der Waals surface area contributed by atoms with Gasteiger partial charge < -0.3 is 9.84 Å². The third kappa shape index (κ3) is 6.26. The number of carboxylic acids is 1. The summed E-state index contributed by atoms with van der Waals surface area (Å²) < 4.78 is 5.65. The molecule has 0 spiro atoms. The van der Waals surface area contributed by atoms with Crippen LogP contribution in [0.3, 0.4) is 0 Å². The van der Waals surface area contributed by atoms with Crippen LogP contribution in [-0.4, -0.2) is 41.2 Å². The summed E-state index contributed by atoms with van der Waals surface area (Å²) in [6, 6.07) is 7.20. The molecule has 0 bridgehead atoms. The van der Waals surface area contributed by atoms with E-state index in [0.717, 1.165) is 5.75 Å². The van der Waals surface area contributed by atoms with Gasteiger partial charge in [-0.2, -0.15) is 0 Å². The molecule has 0 heterocycles. The summed E-state index contributed by atoms with van der Waals surface area (Å²) in [5.41, 5.74) is -0.0845. The number of carboxylic acid groups (broad SMARTS) is 1. The minimum Gasteiger partial charge on any atom is -0.492 e. The van der Waals surface area contributed by atoms with Crippen LogP contribution in [0.15, 0.2) is 24.3 Å². The van der Waals surface area contributed by atoms with E-state index in [1.165, 1.54) is 0 Å². The molecule has 5 heteroatoms. The third-order valence-electron chi connectivity index (χ3n) is 2.99. The average molecular weight is 300 g/mol. The number of hydrogen-bond donors (Lipinski definition) is 1. The van der Waals surface area contributed by atoms with Gasteiger partial charge in [0, 0.05) is 23.7 Å². The van der Waals surface area contributed by atoms with Crippen molar-refractivity contribution >= 4 is 17.6 Å². The number of carbonyl (C=O) groups is 1. The fourth-order valence-electron chi connectivity index (χ4n) is 1.82. The van der Waals surface area contributed by atoms with Crippen molar-refractivity contribution in [3.8, 4) is 5.75 Å². The van der Waals surface area contributed by atoms with Crippen LogP contribution in [0, 0.1) is 0 Å². The van der Waals surface area contributed by atoms with Gasteiger partial charge in [0.05, 0.1) is 6.42 Å². The normalized spacial score (nSPS) is 11.7. The maximum atomic E-state index is 10.7. The Kier molecular flexibility index (Phi) is 6.30. The second-order valence-corrected chi connectivity index (χ2v) is 6.04. The van der Waals surface area contributed by atoms with Crippen molar-refractivity contribution in [2.75, 3.05) is 19.7 Å². The highest BCUT2D eigenvalue weighted by molar-refractivity contribution is 6.30. The Hall–Kier alpha value is -1.26. The minimum atomic E-state index is -0.780. The molecule has 1 N–H and O–H groups in total. The van der Waals surface area contributed by atoms with Crippen molar-refractivity contribution in [3.05, 3.63) is 29.3 Å². The van der Waals surface area contributed by atoms with E-state index in [4.69, 9.17) is 21.4 Å². The molecule has 0 aromatic heterocycles. The van der Waals surface area contributed by atoms with Crippen LogP contribution in [0.2, 0.25) is 5.02 Å². The molecule has 0 aliphatic heterocycles. The Bertz CT molecular complexity index is 426. The van der Waals surface area contributed by atoms with Crippen molar-refractivity contribution in [3.63, 3.8) is 0 Å². The van der Waals surface area contributed by atoms with Crippen LogP contribution in [0.4, 0.5) is 0 Å². The summed E-state index contributed by atoms with van der Waals surface area (Å²) in [4.78, 5) is 12.8. The zero-order chi connectivity index (χ0) is 15.2. The van der Waals surface area contributed by atoms with E-state index in [9.17, 15) is 4.79 Å². The number of aliphatic carboxylic acids is 1. The van der Waals surface area contributed by atoms with E-state index in [2.05, 4.69) is 25.7 Å². The topological polar surface area (TPSA) is 49.8 Å². The summed E-state index contributed by atoms with van der Waals surface area (Å²) in [5, 5.41) is 9.46. The summed E-state index contributed by atoms with van der Waals surface area (Å²) in [6.45, 7) is 7.91. The molecule has 0 saturated heterocycles. The number of rotatable bonds is 7. The van der Waals surface area contributed by atoms with E-state index in [1.807, 2.05) is 12.1 Å². The summed E-state index contributed by atoms with van der Waals surface area (Å²) in [6.07, 6.45) is 0.137. The van der Waals surface area contributed by atoms with Crippen LogP contribution >= 0.6 is 11.6 Å². The SMILES string of the molecule is CC(C)(C)N(CCOc1ccc(Cl)cc1)CCC(=O)O. The first-order valence-electron chi connectivity index (χ1n) is 6.64. The van der Waals surface area contributed by atoms with Gasteiger partial charge in [-0.15, -0.1) is 0 Å². The van der Waals surface area contributed by atoms with Gasteiger partial charge in [-0.05, 0) is 45.0 Å². The molecule has 0 fully saturated rings. The monoisotopic (exact) mass is 299 g/mol. The van der Waals surface area contributed by atoms with Crippen molar-refractivity contribution in [1.29, 1.82) is 0 Å². The molecule has 1 rings (SSSR count). The quantitative estimate of drug-likeness (QED) is 0.839. The molecule has 0 aliphatic carbocycles. The lowest BCUT2D eigenvalue weighted by molar-refractivity contribution is -0.137. The van der Waals surface area contributed by atoms with Gasteiger partial charge in [0.2, 0.25) is 0 Å². The lowest BCUT2D eigenvalue weighted by Gasteiger charge is -2.35. The smallest absolute Gasteiger partial charge is 0.304 e. The van der Waals surface area contributed by atoms with E-state index in [-0.39, 0.29) is 12.0 Å². The predicted molar refractivity (Wildman–Crippen MR) is 80.5 cm³/mol. The highest BCUT2D eigenvalue weighted by atomic mass is 35.5. The van der Waals surface area contributed by atoms with Crippen molar-refractivity contribution in [1.82, 2.24) is 4.90 Å². The molecule has 4 nitrogen and oxygen atoms in total. The first kappa shape index (κ1) is 16.8. The van der Waals surface area contributed by atoms with E-state index in [0.29, 0.717) is 24.7 Å². The number of nitrogens with zero attached hydrogens (tertiary/aromatic N) is 1. The first-order chi connectivity index (χ1) is 9.29. The van der Waals surface area contributed by atoms with Crippen LogP contribution < -0.4 is 4.74 Å². The Morgan fingerprint density at radius 3 is 2.35 bits per heavy atom. The molecule has 112 valence electrons. The summed E-state index contributed by atoms with van der Waals surface area (Å²) in [5.74, 6) is -0.0145. The van der Waals surface area contributed by atoms with Crippen LogP contribution in [0.25, 0.3) is 0 Å². The van der Waals surface area contributed by atoms with E-state index < -0.39 is 5.97 Å². The fourth-order valence-corrected chi connectivity index (χ4v) is 1.94. The molecule has 0 atom stereocenters. The van der Waals surface area contributed by atoms with Crippen LogP contribution in [-0.2, 0) is 4.79 Å². The maximum Gasteiger partial charge on any atom is 0.304 e. The molecule has 0 radical (unpaired) electrons. The fraction of sp³-hybridized carbons (Fsp3) is 0.533. The zero-order valence-electron chi connectivity index (χ0n) is 12.2. The van der Waals surface area contributed by atoms with Crippen LogP contribution in [0.5, 0.6) is 5.75 Å². The Labute approximate surface area is 125 Å². The van der Waals surface area contributed by atoms with Crippen molar-refractivity contribution in [2.24, 2.45) is 0 Å². The molecule has 0 saturated carbocycles. The van der Waals surface area contributed by atoms with Gasteiger partial charge in [-0.3, -0.25) is 9.69 Å². The van der Waals surface area contributed by atoms with Gasteiger partial charge >= 0.3 is 5.97 Å². The van der Waals surface area contributed by atoms with Gasteiger partial charge in [-0.1, -0.05) is 11.6 Å². The van der Waals surface area contributed by atoms with Gasteiger partial charge in [0.15, 0.2) is 0 Å². The molecular weight excluding hydrogens is 278 g/mol. The number of hydrogen-bond acceptors (Lipinski definition) is 3. The Morgan fingerprint density at radius 2 is 1.85 bits per heavy atom. The van der Waals surface area contributed by atoms with Crippen LogP contribution in [0.1, 0.15) is 27.2 Å². The third-order valence-corrected chi connectivity index (χ3v) is 3.24. The van der Waals surface area contributed by atoms with Gasteiger partial charge in [-0.25, -0.2) is 0 Å². The molecular formula is C15H22ClNO3. The molecule has 1 aromatic rings. The van der Waals surface area contributed by atoms with Crippen molar-refractivity contribution < 1.29 is 14.6 Å². The zero-order valence-corrected chi connectivity index (χ0v) is 13.0. The number of ether oxygens (including phenoxy) is 1. The summed E-state index contributed by atoms with van der Waals surface area (Å²) >= 11 is 5.81. The number of benzene rings is 1. The standard InChI is InChI=1S/C15H22ClNO3/c1-15(2,3)17(9-8-14(18)19)10-11-20-13-6-4-12(16)5-7-13/h4-7H,8-11H2,1-3H3,(H,18,19). The number of halogens is 1. The molecule has 20 heavy (non-hydrogen) atoms. The molecule has 1 aromatic carbocycles. The average Bonchev–Trinajstić information content (AvgIpc) is 2.34. The van der Waals surface area contributed by atoms with Gasteiger partial charge in [0.25, 0.3) is 0 Å². The molecule has 0 amide bonds. The van der Waals surface area contributed by atoms with E-state index >= 15 is 0 Å². The Morgan fingerprint density at radius 1 is 1.25 bits per heavy atom. The second-order valence-electron chi connectivity index (χ2n) is 5.60. The first-order valence-corrected chi connectivity index (χ1v) is 7.02. The lowest BCUT2D eigenvalue weighted by Crippen LogP contribution is -2.44. The predicted octanol–water partition coefficient (Wildman–Crippen LogP) is 3.29. The highest BCUT2D eigenvalue weighted by Crippen LogP contribution is 2.17. The van der Waals surface area contributed by atoms with Gasteiger partial charge in [0.1, 0.15) is 12.4 Å². The largest absolute Gasteiger partial charge is 0.492 e. The molecule has 0 aliphatic rings. The Balaban J connectivity index is 2.45. The van der Waals surface area contributed by atoms with E-state index in [1.54, 1.807) is 12.1 Å². The summed E-state index contributed by atoms with van der Waals surface area (Å²) in [7, 11) is 0. The minimum absolute atomic E-state index is 0.0845. The molecule has 0 unspecified atom stereocenters. The van der Waals surface area contributed by atoms with Crippen molar-refractivity contribution in [2.45, 2.75) is 32.7 Å².